The number of hydrogen-bond acceptors (Lipinski definition) is 8. The van der Waals surface area contributed by atoms with Crippen LogP contribution in [-0.4, -0.2) is 75.9 Å². The molecule has 0 rings (SSSR count). The lowest BCUT2D eigenvalue weighted by Gasteiger charge is -2.26. The summed E-state index contributed by atoms with van der Waals surface area (Å²) >= 11 is 0. The number of carbonyl (C=O) groups is 7. The lowest BCUT2D eigenvalue weighted by molar-refractivity contribution is -0.144. The molecule has 4 atom stereocenters. The Hall–Kier alpha value is -3.75. The van der Waals surface area contributed by atoms with E-state index in [4.69, 9.17) is 22.3 Å². The zero-order chi connectivity index (χ0) is 25.9. The highest BCUT2D eigenvalue weighted by molar-refractivity contribution is 5.96. The minimum Gasteiger partial charge on any atom is -0.481 e. The van der Waals surface area contributed by atoms with Gasteiger partial charge in [0, 0.05) is 6.42 Å². The number of rotatable bonds is 15. The monoisotopic (exact) mass is 474 g/mol. The first-order valence-electron chi connectivity index (χ1n) is 9.83. The lowest BCUT2D eigenvalue weighted by Crippen LogP contribution is -2.59. The van der Waals surface area contributed by atoms with Gasteiger partial charge in [0.2, 0.25) is 29.5 Å². The van der Waals surface area contributed by atoms with Crippen molar-refractivity contribution >= 4 is 41.5 Å². The van der Waals surface area contributed by atoms with Crippen molar-refractivity contribution in [3.8, 4) is 0 Å². The Morgan fingerprint density at radius 1 is 0.758 bits per heavy atom. The summed E-state index contributed by atoms with van der Waals surface area (Å²) in [6, 6.07) is -5.88. The molecule has 0 bridgehead atoms. The Morgan fingerprint density at radius 2 is 1.30 bits per heavy atom. The zero-order valence-corrected chi connectivity index (χ0v) is 18.2. The van der Waals surface area contributed by atoms with Gasteiger partial charge in [0.25, 0.3) is 0 Å². The minimum absolute atomic E-state index is 0.355. The van der Waals surface area contributed by atoms with Gasteiger partial charge < -0.3 is 43.4 Å². The van der Waals surface area contributed by atoms with E-state index < -0.39 is 84.4 Å². The summed E-state index contributed by atoms with van der Waals surface area (Å²) in [5, 5.41) is 24.8. The fourth-order valence-corrected chi connectivity index (χ4v) is 2.57. The van der Waals surface area contributed by atoms with Crippen molar-refractivity contribution in [2.75, 3.05) is 0 Å². The summed E-state index contributed by atoms with van der Waals surface area (Å²) < 4.78 is 0. The van der Waals surface area contributed by atoms with Gasteiger partial charge in [-0.3, -0.25) is 28.8 Å². The van der Waals surface area contributed by atoms with Crippen molar-refractivity contribution in [3.63, 3.8) is 0 Å². The molecule has 0 fully saturated rings. The first-order chi connectivity index (χ1) is 15.1. The van der Waals surface area contributed by atoms with E-state index in [1.54, 1.807) is 13.8 Å². The van der Waals surface area contributed by atoms with Gasteiger partial charge in [0.1, 0.15) is 18.1 Å². The maximum atomic E-state index is 12.7. The zero-order valence-electron chi connectivity index (χ0n) is 18.2. The highest BCUT2D eigenvalue weighted by Crippen LogP contribution is 2.06. The van der Waals surface area contributed by atoms with Crippen LogP contribution in [0.5, 0.6) is 0 Å². The Labute approximate surface area is 188 Å². The number of carboxylic acid groups (broad SMARTS) is 2. The van der Waals surface area contributed by atoms with Gasteiger partial charge in [0.05, 0.1) is 18.9 Å². The molecule has 15 nitrogen and oxygen atoms in total. The molecule has 4 unspecified atom stereocenters. The van der Waals surface area contributed by atoms with Crippen LogP contribution in [0.3, 0.4) is 0 Å². The molecule has 0 aromatic heterocycles. The van der Waals surface area contributed by atoms with Crippen LogP contribution in [-0.2, 0) is 33.6 Å². The first-order valence-corrected chi connectivity index (χ1v) is 9.83. The van der Waals surface area contributed by atoms with Crippen LogP contribution >= 0.6 is 0 Å². The van der Waals surface area contributed by atoms with Crippen molar-refractivity contribution in [3.05, 3.63) is 0 Å². The highest BCUT2D eigenvalue weighted by atomic mass is 16.4. The number of carbonyl (C=O) groups excluding carboxylic acids is 5. The van der Waals surface area contributed by atoms with Crippen LogP contribution in [0.2, 0.25) is 0 Å². The highest BCUT2D eigenvalue weighted by Gasteiger charge is 2.33. The van der Waals surface area contributed by atoms with Crippen molar-refractivity contribution in [2.24, 2.45) is 23.1 Å². The van der Waals surface area contributed by atoms with Gasteiger partial charge in [0.15, 0.2) is 0 Å². The van der Waals surface area contributed by atoms with Crippen LogP contribution < -0.4 is 33.2 Å². The molecule has 0 aliphatic rings. The van der Waals surface area contributed by atoms with E-state index in [0.29, 0.717) is 0 Å². The Kier molecular flexibility index (Phi) is 12.1. The van der Waals surface area contributed by atoms with Crippen LogP contribution in [0.15, 0.2) is 0 Å². The third-order valence-corrected chi connectivity index (χ3v) is 4.31. The molecule has 5 amide bonds. The van der Waals surface area contributed by atoms with E-state index in [9.17, 15) is 38.7 Å². The normalized spacial score (nSPS) is 14.3. The van der Waals surface area contributed by atoms with Crippen molar-refractivity contribution in [1.29, 1.82) is 0 Å². The van der Waals surface area contributed by atoms with Gasteiger partial charge in [-0.05, 0) is 12.3 Å². The van der Waals surface area contributed by atoms with Crippen LogP contribution in [0.25, 0.3) is 0 Å². The molecule has 0 saturated heterocycles. The van der Waals surface area contributed by atoms with Crippen molar-refractivity contribution in [1.82, 2.24) is 16.0 Å². The van der Waals surface area contributed by atoms with Crippen LogP contribution in [0.1, 0.15) is 39.5 Å². The van der Waals surface area contributed by atoms with Gasteiger partial charge >= 0.3 is 11.9 Å². The van der Waals surface area contributed by atoms with Gasteiger partial charge in [-0.2, -0.15) is 0 Å². The molecule has 0 aromatic rings. The Morgan fingerprint density at radius 3 is 1.73 bits per heavy atom. The summed E-state index contributed by atoms with van der Waals surface area (Å²) in [6.07, 6.45) is -2.10. The lowest BCUT2D eigenvalue weighted by atomic mass is 10.0. The number of nitrogens with two attached hydrogens (primary N) is 3. The molecule has 33 heavy (non-hydrogen) atoms. The summed E-state index contributed by atoms with van der Waals surface area (Å²) in [4.78, 5) is 81.6. The molecule has 0 aliphatic heterocycles. The number of primary amides is 2. The molecule has 0 aliphatic carbocycles. The Balaban J connectivity index is 5.47. The smallest absolute Gasteiger partial charge is 0.326 e. The molecule has 11 N–H and O–H groups in total. The third kappa shape index (κ3) is 11.4. The number of carboxylic acids is 2. The summed E-state index contributed by atoms with van der Waals surface area (Å²) in [7, 11) is 0. The summed E-state index contributed by atoms with van der Waals surface area (Å²) in [5.41, 5.74) is 15.5. The average Bonchev–Trinajstić information content (AvgIpc) is 2.66. The molecule has 0 saturated carbocycles. The van der Waals surface area contributed by atoms with E-state index in [-0.39, 0.29) is 12.8 Å². The van der Waals surface area contributed by atoms with Gasteiger partial charge in [-0.1, -0.05) is 13.8 Å². The van der Waals surface area contributed by atoms with E-state index in [0.717, 1.165) is 0 Å². The molecule has 186 valence electrons. The second-order valence-electron chi connectivity index (χ2n) is 7.57. The molecular weight excluding hydrogens is 444 g/mol. The second kappa shape index (κ2) is 13.6. The van der Waals surface area contributed by atoms with Crippen molar-refractivity contribution < 1.29 is 43.8 Å². The van der Waals surface area contributed by atoms with E-state index in [2.05, 4.69) is 10.6 Å². The van der Waals surface area contributed by atoms with E-state index in [1.165, 1.54) is 0 Å². The fourth-order valence-electron chi connectivity index (χ4n) is 2.57. The van der Waals surface area contributed by atoms with Crippen LogP contribution in [0.4, 0.5) is 0 Å². The standard InChI is InChI=1S/C18H30N6O9/c1-7(2)14(24-15(29)8(19)5-12(21)26)17(31)23-10(6-13(27)28)16(30)22-9(18(32)33)3-4-11(20)25/h7-10,14H,3-6,19H2,1-2H3,(H2,20,25)(H2,21,26)(H,22,30)(H,23,31)(H,24,29)(H,27,28)(H,32,33). The number of amides is 5. The minimum atomic E-state index is -1.71. The maximum absolute atomic E-state index is 12.7. The van der Waals surface area contributed by atoms with Gasteiger partial charge in [-0.25, -0.2) is 4.79 Å². The molecular formula is C18H30N6O9. The first kappa shape index (κ1) is 29.2. The average molecular weight is 474 g/mol. The molecule has 0 radical (unpaired) electrons. The maximum Gasteiger partial charge on any atom is 0.326 e. The largest absolute Gasteiger partial charge is 0.481 e. The molecule has 0 heterocycles. The van der Waals surface area contributed by atoms with Gasteiger partial charge in [-0.15, -0.1) is 0 Å². The molecule has 15 heteroatoms. The van der Waals surface area contributed by atoms with Crippen molar-refractivity contribution in [2.45, 2.75) is 63.7 Å². The summed E-state index contributed by atoms with van der Waals surface area (Å²) in [5.74, 6) is -8.14. The fraction of sp³-hybridized carbons (Fsp3) is 0.611. The number of nitrogens with one attached hydrogen (secondary N) is 3. The second-order valence-corrected chi connectivity index (χ2v) is 7.57. The SMILES string of the molecule is CC(C)C(NC(=O)C(N)CC(N)=O)C(=O)NC(CC(=O)O)C(=O)NC(CCC(N)=O)C(=O)O. The predicted octanol–water partition coefficient (Wildman–Crippen LogP) is -3.88. The van der Waals surface area contributed by atoms with Crippen LogP contribution in [0, 0.1) is 5.92 Å². The summed E-state index contributed by atoms with van der Waals surface area (Å²) in [6.45, 7) is 3.08. The third-order valence-electron chi connectivity index (χ3n) is 4.31. The molecule has 0 aromatic carbocycles. The quantitative estimate of drug-likeness (QED) is 0.114. The van der Waals surface area contributed by atoms with E-state index in [1.807, 2.05) is 5.32 Å². The number of aliphatic carboxylic acids is 2. The van der Waals surface area contributed by atoms with E-state index >= 15 is 0 Å². The Bertz CT molecular complexity index is 785. The predicted molar refractivity (Wildman–Crippen MR) is 111 cm³/mol. The topological polar surface area (TPSA) is 274 Å². The molecule has 0 spiro atoms. The number of hydrogen-bond donors (Lipinski definition) is 8.